The molecule has 3 atom stereocenters. The number of amides is 4. The number of rotatable bonds is 4. The summed E-state index contributed by atoms with van der Waals surface area (Å²) in [5.74, 6) is 2.22. The number of nitrogens with zero attached hydrogens (tertiary/aromatic N) is 1. The average molecular weight is 402 g/mol. The molecule has 1 saturated heterocycles. The third-order valence-electron chi connectivity index (χ3n) is 9.18. The van der Waals surface area contributed by atoms with Gasteiger partial charge >= 0.3 is 6.03 Å². The molecule has 6 heteroatoms. The first-order valence-electron chi connectivity index (χ1n) is 11.7. The zero-order chi connectivity index (χ0) is 20.4. The van der Waals surface area contributed by atoms with Gasteiger partial charge < -0.3 is 10.6 Å². The van der Waals surface area contributed by atoms with E-state index >= 15 is 0 Å². The molecule has 5 saturated carbocycles. The highest BCUT2D eigenvalue weighted by molar-refractivity contribution is 6.09. The molecule has 0 radical (unpaired) electrons. The Morgan fingerprint density at radius 1 is 1.14 bits per heavy atom. The van der Waals surface area contributed by atoms with Gasteiger partial charge in [0.1, 0.15) is 12.1 Å². The van der Waals surface area contributed by atoms with Crippen molar-refractivity contribution in [3.63, 3.8) is 0 Å². The molecule has 4 amide bonds. The van der Waals surface area contributed by atoms with E-state index in [4.69, 9.17) is 0 Å². The summed E-state index contributed by atoms with van der Waals surface area (Å²) in [5.41, 5.74) is -0.568. The molecule has 6 nitrogen and oxygen atoms in total. The highest BCUT2D eigenvalue weighted by Crippen LogP contribution is 2.61. The second-order valence-corrected chi connectivity index (χ2v) is 11.0. The van der Waals surface area contributed by atoms with Gasteiger partial charge in [-0.3, -0.25) is 14.5 Å². The molecule has 4 bridgehead atoms. The Balaban J connectivity index is 1.24. The summed E-state index contributed by atoms with van der Waals surface area (Å²) >= 11 is 0. The van der Waals surface area contributed by atoms with Crippen LogP contribution in [0.2, 0.25) is 0 Å². The largest absolute Gasteiger partial charge is 0.352 e. The smallest absolute Gasteiger partial charge is 0.325 e. The summed E-state index contributed by atoms with van der Waals surface area (Å²) in [5, 5.41) is 6.14. The lowest BCUT2D eigenvalue weighted by Gasteiger charge is -2.59. The monoisotopic (exact) mass is 401 g/mol. The summed E-state index contributed by atoms with van der Waals surface area (Å²) in [6.07, 6.45) is 11.5. The number of urea groups is 1. The van der Waals surface area contributed by atoms with E-state index in [0.717, 1.165) is 41.9 Å². The molecule has 0 aromatic carbocycles. The third kappa shape index (κ3) is 3.00. The number of carbonyl (C=O) groups is 3. The summed E-state index contributed by atoms with van der Waals surface area (Å²) in [4.78, 5) is 39.7. The fourth-order valence-corrected chi connectivity index (χ4v) is 7.93. The first-order chi connectivity index (χ1) is 13.8. The van der Waals surface area contributed by atoms with Gasteiger partial charge in [-0.25, -0.2) is 4.79 Å². The first kappa shape index (κ1) is 19.4. The van der Waals surface area contributed by atoms with Crippen LogP contribution in [0, 0.1) is 29.1 Å². The summed E-state index contributed by atoms with van der Waals surface area (Å²) < 4.78 is 0. The minimum Gasteiger partial charge on any atom is -0.352 e. The van der Waals surface area contributed by atoms with Gasteiger partial charge in [0, 0.05) is 6.04 Å². The van der Waals surface area contributed by atoms with Gasteiger partial charge in [-0.2, -0.15) is 0 Å². The van der Waals surface area contributed by atoms with Crippen LogP contribution in [0.1, 0.15) is 78.1 Å². The molecule has 5 aliphatic carbocycles. The van der Waals surface area contributed by atoms with Crippen LogP contribution in [0.4, 0.5) is 4.79 Å². The highest BCUT2D eigenvalue weighted by Gasteiger charge is 2.56. The summed E-state index contributed by atoms with van der Waals surface area (Å²) in [7, 11) is 0. The molecule has 1 spiro atoms. The predicted molar refractivity (Wildman–Crippen MR) is 109 cm³/mol. The zero-order valence-electron chi connectivity index (χ0n) is 17.8. The lowest BCUT2D eigenvalue weighted by atomic mass is 9.48. The van der Waals surface area contributed by atoms with Crippen LogP contribution < -0.4 is 10.6 Å². The Bertz CT molecular complexity index is 700. The first-order valence-corrected chi connectivity index (χ1v) is 11.7. The lowest BCUT2D eigenvalue weighted by molar-refractivity contribution is -0.138. The SMILES string of the molecule is C[C@H](NC(=O)CN1C(=O)N[C@]2(CCCC[C@@H]2C)C1=O)C12CC3CC(CC(C3)C1)C2. The van der Waals surface area contributed by atoms with Crippen LogP contribution in [0.5, 0.6) is 0 Å². The predicted octanol–water partition coefficient (Wildman–Crippen LogP) is 3.21. The van der Waals surface area contributed by atoms with Gasteiger partial charge in [-0.15, -0.1) is 0 Å². The van der Waals surface area contributed by atoms with E-state index in [1.54, 1.807) is 0 Å². The van der Waals surface area contributed by atoms with Gasteiger partial charge in [0.15, 0.2) is 0 Å². The molecule has 0 aromatic rings. The third-order valence-corrected chi connectivity index (χ3v) is 9.18. The van der Waals surface area contributed by atoms with Crippen LogP contribution in [0.25, 0.3) is 0 Å². The van der Waals surface area contributed by atoms with Crippen LogP contribution >= 0.6 is 0 Å². The van der Waals surface area contributed by atoms with E-state index in [2.05, 4.69) is 17.6 Å². The molecule has 29 heavy (non-hydrogen) atoms. The Hall–Kier alpha value is -1.59. The van der Waals surface area contributed by atoms with Crippen molar-refractivity contribution in [3.8, 4) is 0 Å². The zero-order valence-corrected chi connectivity index (χ0v) is 17.8. The van der Waals surface area contributed by atoms with Gasteiger partial charge in [-0.05, 0) is 87.4 Å². The van der Waals surface area contributed by atoms with Gasteiger partial charge in [0.05, 0.1) is 0 Å². The topological polar surface area (TPSA) is 78.5 Å². The number of hydrogen-bond donors (Lipinski definition) is 2. The van der Waals surface area contributed by atoms with Crippen LogP contribution in [0.15, 0.2) is 0 Å². The molecule has 1 heterocycles. The molecule has 1 aliphatic heterocycles. The maximum atomic E-state index is 13.1. The second kappa shape index (κ2) is 6.71. The minimum absolute atomic E-state index is 0.103. The molecular formula is C23H35N3O3. The summed E-state index contributed by atoms with van der Waals surface area (Å²) in [6.45, 7) is 4.02. The van der Waals surface area contributed by atoms with Crippen LogP contribution in [-0.4, -0.2) is 40.9 Å². The molecule has 160 valence electrons. The molecular weight excluding hydrogens is 366 g/mol. The maximum Gasteiger partial charge on any atom is 0.325 e. The van der Waals surface area contributed by atoms with Gasteiger partial charge in [0.25, 0.3) is 5.91 Å². The fraction of sp³-hybridized carbons (Fsp3) is 0.870. The average Bonchev–Trinajstić information content (AvgIpc) is 2.88. The number of carbonyl (C=O) groups excluding carboxylic acids is 3. The van der Waals surface area contributed by atoms with Crippen molar-refractivity contribution >= 4 is 17.8 Å². The van der Waals surface area contributed by atoms with Crippen molar-refractivity contribution in [1.29, 1.82) is 0 Å². The molecule has 0 aromatic heterocycles. The van der Waals surface area contributed by atoms with E-state index < -0.39 is 11.6 Å². The van der Waals surface area contributed by atoms with E-state index in [1.165, 1.54) is 38.5 Å². The van der Waals surface area contributed by atoms with E-state index in [1.807, 2.05) is 6.92 Å². The molecule has 6 rings (SSSR count). The van der Waals surface area contributed by atoms with Crippen LogP contribution in [0.3, 0.4) is 0 Å². The number of nitrogens with one attached hydrogen (secondary N) is 2. The van der Waals surface area contributed by atoms with Gasteiger partial charge in [0.2, 0.25) is 5.91 Å². The Labute approximate surface area is 173 Å². The maximum absolute atomic E-state index is 13.1. The molecule has 6 fully saturated rings. The Morgan fingerprint density at radius 2 is 1.76 bits per heavy atom. The number of hydrogen-bond acceptors (Lipinski definition) is 3. The Kier molecular flexibility index (Phi) is 4.48. The standard InChI is InChI=1S/C23H35N3O3/c1-14-5-3-4-6-23(14)20(28)26(21(29)25-23)13-19(27)24-15(2)22-10-16-7-17(11-22)9-18(8-16)12-22/h14-18H,3-13H2,1-2H3,(H,24,27)(H,25,29)/t14-,15-,16?,17?,18?,22?,23-/m0/s1. The van der Waals surface area contributed by atoms with E-state index in [0.29, 0.717) is 6.42 Å². The lowest BCUT2D eigenvalue weighted by Crippen LogP contribution is -2.57. The fourth-order valence-electron chi connectivity index (χ4n) is 7.93. The van der Waals surface area contributed by atoms with Crippen molar-refractivity contribution in [2.24, 2.45) is 29.1 Å². The van der Waals surface area contributed by atoms with Crippen molar-refractivity contribution < 1.29 is 14.4 Å². The summed E-state index contributed by atoms with van der Waals surface area (Å²) in [6, 6.07) is -0.298. The van der Waals surface area contributed by atoms with Crippen LogP contribution in [-0.2, 0) is 9.59 Å². The highest BCUT2D eigenvalue weighted by atomic mass is 16.2. The quantitative estimate of drug-likeness (QED) is 0.710. The number of imide groups is 1. The molecule has 2 N–H and O–H groups in total. The van der Waals surface area contributed by atoms with Crippen molar-refractivity contribution in [1.82, 2.24) is 15.5 Å². The Morgan fingerprint density at radius 3 is 2.34 bits per heavy atom. The normalized spacial score (nSPS) is 44.3. The van der Waals surface area contributed by atoms with Crippen molar-refractivity contribution in [2.45, 2.75) is 89.6 Å². The van der Waals surface area contributed by atoms with Crippen molar-refractivity contribution in [2.75, 3.05) is 6.54 Å². The molecule has 0 unspecified atom stereocenters. The van der Waals surface area contributed by atoms with E-state index in [-0.39, 0.29) is 35.7 Å². The van der Waals surface area contributed by atoms with Gasteiger partial charge in [-0.1, -0.05) is 19.8 Å². The molecule has 6 aliphatic rings. The van der Waals surface area contributed by atoms with E-state index in [9.17, 15) is 14.4 Å². The second-order valence-electron chi connectivity index (χ2n) is 11.0. The minimum atomic E-state index is -0.791. The van der Waals surface area contributed by atoms with Crippen molar-refractivity contribution in [3.05, 3.63) is 0 Å².